The van der Waals surface area contributed by atoms with Gasteiger partial charge in [0.15, 0.2) is 0 Å². The molecule has 0 aliphatic carbocycles. The average Bonchev–Trinajstić information content (AvgIpc) is 2.22. The third-order valence-corrected chi connectivity index (χ3v) is 2.92. The van der Waals surface area contributed by atoms with Crippen LogP contribution in [0.25, 0.3) is 0 Å². The van der Waals surface area contributed by atoms with E-state index in [-0.39, 0.29) is 12.4 Å². The van der Waals surface area contributed by atoms with Crippen LogP contribution in [-0.4, -0.2) is 11.7 Å². The SMILES string of the molecule is Cc1c(F)cc(Br)cc1C(C)(C#N)CO. The lowest BCUT2D eigenvalue weighted by molar-refractivity contribution is 0.239. The van der Waals surface area contributed by atoms with Crippen molar-refractivity contribution in [1.29, 1.82) is 5.26 Å². The summed E-state index contributed by atoms with van der Waals surface area (Å²) in [4.78, 5) is 0. The highest BCUT2D eigenvalue weighted by Crippen LogP contribution is 2.30. The summed E-state index contributed by atoms with van der Waals surface area (Å²) in [5.41, 5.74) is -0.148. The first-order valence-electron chi connectivity index (χ1n) is 4.43. The number of nitrogens with zero attached hydrogens (tertiary/aromatic N) is 1. The number of halogens is 2. The van der Waals surface area contributed by atoms with Crippen LogP contribution < -0.4 is 0 Å². The largest absolute Gasteiger partial charge is 0.394 e. The molecule has 2 nitrogen and oxygen atoms in total. The van der Waals surface area contributed by atoms with E-state index in [1.165, 1.54) is 6.07 Å². The molecule has 0 fully saturated rings. The van der Waals surface area contributed by atoms with Gasteiger partial charge in [0.05, 0.1) is 12.7 Å². The summed E-state index contributed by atoms with van der Waals surface area (Å²) in [5, 5.41) is 18.2. The van der Waals surface area contributed by atoms with Crippen molar-refractivity contribution in [2.24, 2.45) is 0 Å². The molecule has 0 radical (unpaired) electrons. The molecule has 0 heterocycles. The highest BCUT2D eigenvalue weighted by Gasteiger charge is 2.28. The Kier molecular flexibility index (Phi) is 3.48. The minimum atomic E-state index is -1.06. The van der Waals surface area contributed by atoms with E-state index in [1.54, 1.807) is 19.9 Å². The molecule has 0 aliphatic rings. The van der Waals surface area contributed by atoms with Crippen LogP contribution in [0.1, 0.15) is 18.1 Å². The molecule has 4 heteroatoms. The fraction of sp³-hybridized carbons (Fsp3) is 0.364. The summed E-state index contributed by atoms with van der Waals surface area (Å²) in [6.45, 7) is 2.85. The van der Waals surface area contributed by atoms with Crippen LogP contribution in [0.3, 0.4) is 0 Å². The normalized spacial score (nSPS) is 14.4. The van der Waals surface area contributed by atoms with Gasteiger partial charge in [-0.1, -0.05) is 15.9 Å². The van der Waals surface area contributed by atoms with E-state index < -0.39 is 5.41 Å². The first kappa shape index (κ1) is 12.2. The molecular weight excluding hydrogens is 261 g/mol. The molecule has 15 heavy (non-hydrogen) atoms. The predicted molar refractivity (Wildman–Crippen MR) is 58.9 cm³/mol. The maximum absolute atomic E-state index is 13.4. The fourth-order valence-corrected chi connectivity index (χ4v) is 1.83. The minimum Gasteiger partial charge on any atom is -0.394 e. The van der Waals surface area contributed by atoms with Gasteiger partial charge in [0.1, 0.15) is 11.2 Å². The van der Waals surface area contributed by atoms with Gasteiger partial charge >= 0.3 is 0 Å². The quantitative estimate of drug-likeness (QED) is 0.899. The molecule has 0 aromatic heterocycles. The molecule has 0 aliphatic heterocycles. The van der Waals surface area contributed by atoms with Gasteiger partial charge in [-0.25, -0.2) is 4.39 Å². The van der Waals surface area contributed by atoms with E-state index >= 15 is 0 Å². The summed E-state index contributed by atoms with van der Waals surface area (Å²) < 4.78 is 14.0. The van der Waals surface area contributed by atoms with Crippen molar-refractivity contribution in [2.45, 2.75) is 19.3 Å². The lowest BCUT2D eigenvalue weighted by Gasteiger charge is -2.21. The summed E-state index contributed by atoms with van der Waals surface area (Å²) in [6, 6.07) is 5.01. The monoisotopic (exact) mass is 271 g/mol. The second-order valence-corrected chi connectivity index (χ2v) is 4.58. The first-order chi connectivity index (χ1) is 6.94. The van der Waals surface area contributed by atoms with Crippen molar-refractivity contribution in [2.75, 3.05) is 6.61 Å². The number of aliphatic hydroxyl groups is 1. The summed E-state index contributed by atoms with van der Waals surface area (Å²) in [6.07, 6.45) is 0. The molecule has 1 rings (SSSR count). The van der Waals surface area contributed by atoms with Gasteiger partial charge in [0, 0.05) is 4.47 Å². The Balaban J connectivity index is 3.44. The Morgan fingerprint density at radius 1 is 1.60 bits per heavy atom. The third-order valence-electron chi connectivity index (χ3n) is 2.47. The second-order valence-electron chi connectivity index (χ2n) is 3.66. The number of benzene rings is 1. The summed E-state index contributed by atoms with van der Waals surface area (Å²) in [7, 11) is 0. The second kappa shape index (κ2) is 4.30. The molecule has 80 valence electrons. The van der Waals surface area contributed by atoms with Crippen molar-refractivity contribution < 1.29 is 9.50 Å². The zero-order valence-electron chi connectivity index (χ0n) is 8.51. The Hall–Kier alpha value is -0.920. The van der Waals surface area contributed by atoms with E-state index in [4.69, 9.17) is 5.26 Å². The molecule has 0 spiro atoms. The number of hydrogen-bond acceptors (Lipinski definition) is 2. The number of hydrogen-bond donors (Lipinski definition) is 1. The standard InChI is InChI=1S/C11H11BrFNO/c1-7-9(11(2,5-14)6-15)3-8(12)4-10(7)13/h3-4,15H,6H2,1-2H3. The van der Waals surface area contributed by atoms with Gasteiger partial charge in [-0.15, -0.1) is 0 Å². The number of aliphatic hydroxyl groups excluding tert-OH is 1. The van der Waals surface area contributed by atoms with Gasteiger partial charge in [-0.3, -0.25) is 0 Å². The molecular formula is C11H11BrFNO. The smallest absolute Gasteiger partial charge is 0.127 e. The highest BCUT2D eigenvalue weighted by molar-refractivity contribution is 9.10. The van der Waals surface area contributed by atoms with Crippen LogP contribution in [0.4, 0.5) is 4.39 Å². The summed E-state index contributed by atoms with van der Waals surface area (Å²) in [5.74, 6) is -0.380. The lowest BCUT2D eigenvalue weighted by atomic mass is 9.82. The van der Waals surface area contributed by atoms with Crippen molar-refractivity contribution >= 4 is 15.9 Å². The fourth-order valence-electron chi connectivity index (χ4n) is 1.40. The van der Waals surface area contributed by atoms with Gasteiger partial charge < -0.3 is 5.11 Å². The van der Waals surface area contributed by atoms with Crippen LogP contribution in [0.5, 0.6) is 0 Å². The third kappa shape index (κ3) is 2.19. The Morgan fingerprint density at radius 3 is 2.67 bits per heavy atom. The van der Waals surface area contributed by atoms with E-state index in [0.717, 1.165) is 0 Å². The maximum atomic E-state index is 13.4. The molecule has 1 aromatic rings. The van der Waals surface area contributed by atoms with E-state index in [9.17, 15) is 9.50 Å². The van der Waals surface area contributed by atoms with Crippen LogP contribution in [0.2, 0.25) is 0 Å². The molecule has 0 saturated heterocycles. The molecule has 0 amide bonds. The highest BCUT2D eigenvalue weighted by atomic mass is 79.9. The zero-order chi connectivity index (χ0) is 11.6. The van der Waals surface area contributed by atoms with Crippen molar-refractivity contribution in [3.8, 4) is 6.07 Å². The van der Waals surface area contributed by atoms with E-state index in [2.05, 4.69) is 15.9 Å². The van der Waals surface area contributed by atoms with Crippen molar-refractivity contribution in [3.63, 3.8) is 0 Å². The molecule has 1 aromatic carbocycles. The van der Waals surface area contributed by atoms with E-state index in [0.29, 0.717) is 15.6 Å². The minimum absolute atomic E-state index is 0.333. The molecule has 1 unspecified atom stereocenters. The van der Waals surface area contributed by atoms with E-state index in [1.807, 2.05) is 6.07 Å². The van der Waals surface area contributed by atoms with Gasteiger partial charge in [-0.2, -0.15) is 5.26 Å². The maximum Gasteiger partial charge on any atom is 0.127 e. The van der Waals surface area contributed by atoms with Gasteiger partial charge in [0.25, 0.3) is 0 Å². The van der Waals surface area contributed by atoms with Crippen LogP contribution in [-0.2, 0) is 5.41 Å². The number of rotatable bonds is 2. The predicted octanol–water partition coefficient (Wildman–Crippen LogP) is 2.67. The average molecular weight is 272 g/mol. The number of nitriles is 1. The Labute approximate surface area is 96.5 Å². The van der Waals surface area contributed by atoms with Gasteiger partial charge in [-0.05, 0) is 37.1 Å². The van der Waals surface area contributed by atoms with Crippen molar-refractivity contribution in [3.05, 3.63) is 33.5 Å². The van der Waals surface area contributed by atoms with Crippen LogP contribution in [0, 0.1) is 24.1 Å². The Bertz CT molecular complexity index is 427. The lowest BCUT2D eigenvalue weighted by Crippen LogP contribution is -2.26. The molecule has 0 saturated carbocycles. The van der Waals surface area contributed by atoms with Crippen LogP contribution in [0.15, 0.2) is 16.6 Å². The zero-order valence-corrected chi connectivity index (χ0v) is 10.1. The Morgan fingerprint density at radius 2 is 2.20 bits per heavy atom. The van der Waals surface area contributed by atoms with Crippen LogP contribution >= 0.6 is 15.9 Å². The summed E-state index contributed by atoms with van der Waals surface area (Å²) >= 11 is 3.17. The first-order valence-corrected chi connectivity index (χ1v) is 5.22. The van der Waals surface area contributed by atoms with Gasteiger partial charge in [0.2, 0.25) is 0 Å². The van der Waals surface area contributed by atoms with Crippen molar-refractivity contribution in [1.82, 2.24) is 0 Å². The topological polar surface area (TPSA) is 44.0 Å². The molecule has 1 atom stereocenters. The molecule has 1 N–H and O–H groups in total. The molecule has 0 bridgehead atoms.